The summed E-state index contributed by atoms with van der Waals surface area (Å²) in [5.41, 5.74) is 0. The molecule has 0 spiro atoms. The van der Waals surface area contributed by atoms with Gasteiger partial charge in [0.15, 0.2) is 0 Å². The van der Waals surface area contributed by atoms with Gasteiger partial charge < -0.3 is 119 Å². The summed E-state index contributed by atoms with van der Waals surface area (Å²) < 4.78 is 2.04. The molecule has 4 nitrogen and oxygen atoms in total. The predicted octanol–water partition coefficient (Wildman–Crippen LogP) is 1.51. The van der Waals surface area contributed by atoms with E-state index in [4.69, 9.17) is 0 Å². The van der Waals surface area contributed by atoms with Crippen molar-refractivity contribution < 1.29 is 39.0 Å². The largest absolute Gasteiger partial charge is 2.00 e. The molecule has 0 unspecified atom stereocenters. The van der Waals surface area contributed by atoms with Crippen molar-refractivity contribution in [2.75, 3.05) is 56.4 Å². The van der Waals surface area contributed by atoms with Gasteiger partial charge in [-0.2, -0.15) is 0 Å². The van der Waals surface area contributed by atoms with Crippen molar-refractivity contribution >= 4 is 117 Å². The fourth-order valence-electron chi connectivity index (χ4n) is 0. The molecule has 144 valence electrons. The first-order chi connectivity index (χ1) is 10.6. The summed E-state index contributed by atoms with van der Waals surface area (Å²) in [5.74, 6) is 0. The first kappa shape index (κ1) is 41.9. The van der Waals surface area contributed by atoms with E-state index in [1.807, 2.05) is 56.4 Å². The van der Waals surface area contributed by atoms with Crippen LogP contribution in [0.3, 0.4) is 0 Å². The van der Waals surface area contributed by atoms with Crippen LogP contribution in [0.2, 0.25) is 0 Å². The van der Waals surface area contributed by atoms with E-state index >= 15 is 0 Å². The van der Waals surface area contributed by atoms with Crippen LogP contribution < -0.4 is 0 Å². The van der Waals surface area contributed by atoms with Gasteiger partial charge in [-0.1, -0.05) is 17.3 Å². The maximum Gasteiger partial charge on any atom is 2.00 e. The van der Waals surface area contributed by atoms with Crippen LogP contribution in [0, 0.1) is 0 Å². The molecule has 0 bridgehead atoms. The second kappa shape index (κ2) is 26.7. The smallest absolute Gasteiger partial charge is 0.411 e. The van der Waals surface area contributed by atoms with Gasteiger partial charge in [0.1, 0.15) is 0 Å². The molecule has 0 aromatic rings. The van der Waals surface area contributed by atoms with Gasteiger partial charge >= 0.3 is 39.0 Å². The number of hydrogen-bond acceptors (Lipinski definition) is 8. The molecule has 0 fully saturated rings. The van der Waals surface area contributed by atoms with Crippen molar-refractivity contribution in [3.05, 3.63) is 0 Å². The molecule has 0 aliphatic rings. The van der Waals surface area contributed by atoms with Gasteiger partial charge in [0.25, 0.3) is 0 Å². The summed E-state index contributed by atoms with van der Waals surface area (Å²) in [5, 5.41) is 0. The Hall–Kier alpha value is 1.69. The Balaban J connectivity index is -0.0000000500. The summed E-state index contributed by atoms with van der Waals surface area (Å²) in [7, 11) is 14.6. The van der Waals surface area contributed by atoms with E-state index in [9.17, 15) is 0 Å². The second-order valence-electron chi connectivity index (χ2n) is 4.64. The quantitative estimate of drug-likeness (QED) is 0.224. The van der Waals surface area contributed by atoms with Gasteiger partial charge in [0.2, 0.25) is 0 Å². The van der Waals surface area contributed by atoms with Crippen LogP contribution in [0.1, 0.15) is 0 Å². The first-order valence-corrected chi connectivity index (χ1v) is 9.37. The van der Waals surface area contributed by atoms with Crippen molar-refractivity contribution in [1.82, 2.24) is 19.6 Å². The molecule has 0 rings (SSSR count). The third kappa shape index (κ3) is 50.0. The molecule has 0 saturated carbocycles. The van der Waals surface area contributed by atoms with E-state index in [0.29, 0.717) is 17.3 Å². The number of hydrogen-bond donors (Lipinski definition) is 0. The Morgan fingerprint density at radius 1 is 0.423 bits per heavy atom. The van der Waals surface area contributed by atoms with E-state index in [-0.39, 0.29) is 39.0 Å². The molecule has 0 aromatic heterocycles. The van der Waals surface area contributed by atoms with E-state index < -0.39 is 0 Å². The summed E-state index contributed by atoms with van der Waals surface area (Å²) in [4.78, 5) is 6.85. The number of rotatable bonds is 0. The Labute approximate surface area is 229 Å². The van der Waals surface area contributed by atoms with Crippen molar-refractivity contribution in [3.8, 4) is 0 Å². The molecule has 0 radical (unpaired) electrons. The SMILES string of the molecule is CN(C)C(=S)[S-].CN(C)C(=S)[S-].CN(C)C(=S)[S-].CN(C)C(=S)[S-].[Zn+2].[Zn+2]. The minimum absolute atomic E-state index is 0. The first-order valence-electron chi connectivity index (χ1n) is 6.11. The summed E-state index contributed by atoms with van der Waals surface area (Å²) >= 11 is 36.5. The Morgan fingerprint density at radius 2 is 0.462 bits per heavy atom. The average Bonchev–Trinajstić information content (AvgIpc) is 2.40. The molecule has 0 heterocycles. The normalized spacial score (nSPS) is 7.08. The van der Waals surface area contributed by atoms with E-state index in [1.165, 1.54) is 0 Å². The van der Waals surface area contributed by atoms with E-state index in [1.54, 1.807) is 19.6 Å². The van der Waals surface area contributed by atoms with Crippen molar-refractivity contribution in [2.24, 2.45) is 0 Å². The molecular weight excluding hydrogens is 587 g/mol. The van der Waals surface area contributed by atoms with Crippen LogP contribution in [0.5, 0.6) is 0 Å². The van der Waals surface area contributed by atoms with Gasteiger partial charge in [-0.3, -0.25) is 0 Å². The van der Waals surface area contributed by atoms with Crippen molar-refractivity contribution in [3.63, 3.8) is 0 Å². The minimum atomic E-state index is 0. The Bertz CT molecular complexity index is 321. The zero-order valence-corrected chi connectivity index (χ0v) is 28.9. The third-order valence-corrected chi connectivity index (χ3v) is 4.38. The van der Waals surface area contributed by atoms with Gasteiger partial charge in [-0.15, -0.1) is 0 Å². The van der Waals surface area contributed by atoms with Crippen LogP contribution >= 0.6 is 48.9 Å². The zero-order valence-electron chi connectivity index (χ0n) is 16.5. The third-order valence-electron chi connectivity index (χ3n) is 1.46. The molecule has 0 atom stereocenters. The van der Waals surface area contributed by atoms with E-state index in [2.05, 4.69) is 99.4 Å². The minimum Gasteiger partial charge on any atom is -0.411 e. The fraction of sp³-hybridized carbons (Fsp3) is 0.667. The monoisotopic (exact) mass is 608 g/mol. The number of thiocarbonyl (C=S) groups is 4. The molecular formula is C12H24N4S8Zn2. The van der Waals surface area contributed by atoms with Crippen molar-refractivity contribution in [1.29, 1.82) is 0 Å². The van der Waals surface area contributed by atoms with Gasteiger partial charge in [0.05, 0.1) is 0 Å². The van der Waals surface area contributed by atoms with Gasteiger partial charge in [-0.25, -0.2) is 0 Å². The fourth-order valence-corrected chi connectivity index (χ4v) is 0. The Morgan fingerprint density at radius 3 is 0.462 bits per heavy atom. The molecule has 0 aliphatic heterocycles. The molecule has 0 aliphatic carbocycles. The topological polar surface area (TPSA) is 13.0 Å². The molecule has 0 saturated heterocycles. The predicted molar refractivity (Wildman–Crippen MR) is 135 cm³/mol. The molecule has 26 heavy (non-hydrogen) atoms. The zero-order chi connectivity index (χ0) is 20.6. The van der Waals surface area contributed by atoms with E-state index in [0.717, 1.165) is 0 Å². The average molecular weight is 612 g/mol. The van der Waals surface area contributed by atoms with Crippen LogP contribution in [0.15, 0.2) is 0 Å². The second-order valence-corrected chi connectivity index (χ2v) is 8.77. The van der Waals surface area contributed by atoms with Crippen LogP contribution in [0.25, 0.3) is 0 Å². The Kier molecular flexibility index (Phi) is 43.0. The number of nitrogens with zero attached hydrogens (tertiary/aromatic N) is 4. The molecule has 0 aromatic carbocycles. The molecule has 14 heteroatoms. The summed E-state index contributed by atoms with van der Waals surface area (Å²) in [6.07, 6.45) is 0. The van der Waals surface area contributed by atoms with Gasteiger partial charge in [0, 0.05) is 56.4 Å². The standard InChI is InChI=1S/4C3H7NS2.2Zn/c4*1-4(2)3(5)6;;/h4*1-2H3,(H,5,6);;/q;;;;2*+2/p-4. The summed E-state index contributed by atoms with van der Waals surface area (Å²) in [6, 6.07) is 0. The maximum absolute atomic E-state index is 4.56. The van der Waals surface area contributed by atoms with Crippen LogP contribution in [-0.4, -0.2) is 93.3 Å². The molecule has 0 amide bonds. The van der Waals surface area contributed by atoms with Crippen molar-refractivity contribution in [2.45, 2.75) is 0 Å². The summed E-state index contributed by atoms with van der Waals surface area (Å²) in [6.45, 7) is 0. The van der Waals surface area contributed by atoms with Crippen LogP contribution in [-0.2, 0) is 89.5 Å². The van der Waals surface area contributed by atoms with Gasteiger partial charge in [-0.05, 0) is 0 Å². The van der Waals surface area contributed by atoms with Crippen LogP contribution in [0.4, 0.5) is 0 Å². The molecule has 0 N–H and O–H groups in total. The maximum atomic E-state index is 4.56.